The highest BCUT2D eigenvalue weighted by molar-refractivity contribution is 5.28. The molecule has 1 aromatic carbocycles. The molecule has 0 bridgehead atoms. The minimum Gasteiger partial charge on any atom is -0.508 e. The maximum atomic E-state index is 9.53. The third-order valence-corrected chi connectivity index (χ3v) is 3.58. The lowest BCUT2D eigenvalue weighted by Crippen LogP contribution is -2.43. The fraction of sp³-hybridized carbons (Fsp3) is 0.600. The molecule has 1 fully saturated rings. The van der Waals surface area contributed by atoms with Crippen LogP contribution in [0.2, 0.25) is 0 Å². The standard InChI is InChI=1S/C15H23NO/c1-12(2)10-15(7-4-8-16-15)11-13-5-3-6-14(17)9-13/h3,5-6,9,12,16-17H,4,7-8,10-11H2,1-2H3. The van der Waals surface area contributed by atoms with Gasteiger partial charge in [0.2, 0.25) is 0 Å². The average Bonchev–Trinajstić information content (AvgIpc) is 2.65. The van der Waals surface area contributed by atoms with E-state index in [1.54, 1.807) is 6.07 Å². The monoisotopic (exact) mass is 233 g/mol. The molecule has 17 heavy (non-hydrogen) atoms. The lowest BCUT2D eigenvalue weighted by atomic mass is 9.82. The molecule has 0 spiro atoms. The van der Waals surface area contributed by atoms with Gasteiger partial charge in [0, 0.05) is 5.54 Å². The molecule has 1 atom stereocenters. The number of aromatic hydroxyl groups is 1. The van der Waals surface area contributed by atoms with Crippen molar-refractivity contribution in [3.05, 3.63) is 29.8 Å². The van der Waals surface area contributed by atoms with Crippen molar-refractivity contribution >= 4 is 0 Å². The number of phenolic OH excluding ortho intramolecular Hbond substituents is 1. The van der Waals surface area contributed by atoms with Crippen molar-refractivity contribution in [2.45, 2.75) is 45.1 Å². The van der Waals surface area contributed by atoms with E-state index in [9.17, 15) is 5.11 Å². The highest BCUT2D eigenvalue weighted by Crippen LogP contribution is 2.31. The van der Waals surface area contributed by atoms with Crippen molar-refractivity contribution in [2.75, 3.05) is 6.54 Å². The number of hydrogen-bond donors (Lipinski definition) is 2. The molecule has 2 N–H and O–H groups in total. The zero-order valence-corrected chi connectivity index (χ0v) is 10.9. The molecule has 0 radical (unpaired) electrons. The maximum absolute atomic E-state index is 9.53. The number of phenols is 1. The number of benzene rings is 1. The van der Waals surface area contributed by atoms with Gasteiger partial charge in [-0.15, -0.1) is 0 Å². The van der Waals surface area contributed by atoms with Gasteiger partial charge in [-0.05, 0) is 55.8 Å². The van der Waals surface area contributed by atoms with Crippen LogP contribution in [0.15, 0.2) is 24.3 Å². The Kier molecular flexibility index (Phi) is 3.72. The summed E-state index contributed by atoms with van der Waals surface area (Å²) in [6, 6.07) is 7.67. The number of rotatable bonds is 4. The van der Waals surface area contributed by atoms with Crippen LogP contribution >= 0.6 is 0 Å². The molecule has 2 heteroatoms. The Morgan fingerprint density at radius 1 is 1.41 bits per heavy atom. The summed E-state index contributed by atoms with van der Waals surface area (Å²) in [5.41, 5.74) is 1.49. The molecule has 94 valence electrons. The minimum atomic E-state index is 0.252. The van der Waals surface area contributed by atoms with E-state index in [0.29, 0.717) is 11.7 Å². The van der Waals surface area contributed by atoms with Crippen molar-refractivity contribution in [2.24, 2.45) is 5.92 Å². The molecule has 1 unspecified atom stereocenters. The second kappa shape index (κ2) is 5.09. The fourth-order valence-electron chi connectivity index (χ4n) is 3.10. The second-order valence-electron chi connectivity index (χ2n) is 5.76. The van der Waals surface area contributed by atoms with Gasteiger partial charge in [-0.2, -0.15) is 0 Å². The Bertz CT molecular complexity index is 367. The van der Waals surface area contributed by atoms with Crippen LogP contribution in [-0.2, 0) is 6.42 Å². The molecule has 2 rings (SSSR count). The molecule has 2 nitrogen and oxygen atoms in total. The van der Waals surface area contributed by atoms with Gasteiger partial charge in [-0.25, -0.2) is 0 Å². The van der Waals surface area contributed by atoms with Gasteiger partial charge in [0.25, 0.3) is 0 Å². The van der Waals surface area contributed by atoms with E-state index in [1.807, 2.05) is 12.1 Å². The molecule has 0 saturated carbocycles. The predicted octanol–water partition coefficient (Wildman–Crippen LogP) is 3.10. The van der Waals surface area contributed by atoms with Crippen LogP contribution in [0.25, 0.3) is 0 Å². The second-order valence-corrected chi connectivity index (χ2v) is 5.76. The third-order valence-electron chi connectivity index (χ3n) is 3.58. The summed E-state index contributed by atoms with van der Waals surface area (Å²) in [6.45, 7) is 5.69. The van der Waals surface area contributed by atoms with Crippen LogP contribution in [0.5, 0.6) is 5.75 Å². The molecule has 1 aromatic rings. The highest BCUT2D eigenvalue weighted by Gasteiger charge is 2.33. The Hall–Kier alpha value is -1.02. The van der Waals surface area contributed by atoms with E-state index in [1.165, 1.54) is 24.8 Å². The topological polar surface area (TPSA) is 32.3 Å². The molecular formula is C15H23NO. The summed E-state index contributed by atoms with van der Waals surface area (Å²) < 4.78 is 0. The number of hydrogen-bond acceptors (Lipinski definition) is 2. The van der Waals surface area contributed by atoms with E-state index < -0.39 is 0 Å². The first-order chi connectivity index (χ1) is 8.10. The van der Waals surface area contributed by atoms with Crippen molar-refractivity contribution in [3.8, 4) is 5.75 Å². The summed E-state index contributed by atoms with van der Waals surface area (Å²) in [5, 5.41) is 13.2. The summed E-state index contributed by atoms with van der Waals surface area (Å²) >= 11 is 0. The normalized spacial score (nSPS) is 24.4. The van der Waals surface area contributed by atoms with Crippen molar-refractivity contribution in [3.63, 3.8) is 0 Å². The van der Waals surface area contributed by atoms with Crippen LogP contribution in [0.3, 0.4) is 0 Å². The first-order valence-electron chi connectivity index (χ1n) is 6.63. The van der Waals surface area contributed by atoms with Crippen LogP contribution in [-0.4, -0.2) is 17.2 Å². The van der Waals surface area contributed by atoms with Gasteiger partial charge in [0.1, 0.15) is 5.75 Å². The number of nitrogens with one attached hydrogen (secondary N) is 1. The zero-order valence-electron chi connectivity index (χ0n) is 10.9. The molecular weight excluding hydrogens is 210 g/mol. The van der Waals surface area contributed by atoms with Crippen LogP contribution in [0, 0.1) is 5.92 Å². The molecule has 0 amide bonds. The van der Waals surface area contributed by atoms with Gasteiger partial charge in [-0.1, -0.05) is 26.0 Å². The third kappa shape index (κ3) is 3.22. The molecule has 1 heterocycles. The van der Waals surface area contributed by atoms with Gasteiger partial charge in [0.15, 0.2) is 0 Å². The fourth-order valence-corrected chi connectivity index (χ4v) is 3.10. The van der Waals surface area contributed by atoms with Crippen molar-refractivity contribution < 1.29 is 5.11 Å². The zero-order chi connectivity index (χ0) is 12.3. The SMILES string of the molecule is CC(C)CC1(Cc2cccc(O)c2)CCCN1. The first kappa shape index (κ1) is 12.4. The van der Waals surface area contributed by atoms with Gasteiger partial charge in [-0.3, -0.25) is 0 Å². The minimum absolute atomic E-state index is 0.252. The Labute approximate surface area is 104 Å². The molecule has 1 aliphatic rings. The summed E-state index contributed by atoms with van der Waals surface area (Å²) in [7, 11) is 0. The Morgan fingerprint density at radius 3 is 2.82 bits per heavy atom. The highest BCUT2D eigenvalue weighted by atomic mass is 16.3. The summed E-state index contributed by atoms with van der Waals surface area (Å²) in [5.74, 6) is 1.08. The molecule has 1 aliphatic heterocycles. The van der Waals surface area contributed by atoms with Crippen LogP contribution in [0.1, 0.15) is 38.7 Å². The van der Waals surface area contributed by atoms with E-state index in [-0.39, 0.29) is 5.54 Å². The maximum Gasteiger partial charge on any atom is 0.115 e. The smallest absolute Gasteiger partial charge is 0.115 e. The van der Waals surface area contributed by atoms with Gasteiger partial charge in [0.05, 0.1) is 0 Å². The summed E-state index contributed by atoms with van der Waals surface area (Å²) in [4.78, 5) is 0. The summed E-state index contributed by atoms with van der Waals surface area (Å²) in [6.07, 6.45) is 4.76. The first-order valence-corrected chi connectivity index (χ1v) is 6.63. The van der Waals surface area contributed by atoms with Crippen LogP contribution in [0.4, 0.5) is 0 Å². The average molecular weight is 233 g/mol. The van der Waals surface area contributed by atoms with Crippen molar-refractivity contribution in [1.29, 1.82) is 0 Å². The molecule has 1 saturated heterocycles. The van der Waals surface area contributed by atoms with Gasteiger partial charge >= 0.3 is 0 Å². The quantitative estimate of drug-likeness (QED) is 0.837. The molecule has 0 aliphatic carbocycles. The largest absolute Gasteiger partial charge is 0.508 e. The van der Waals surface area contributed by atoms with E-state index >= 15 is 0 Å². The van der Waals surface area contributed by atoms with E-state index in [4.69, 9.17) is 0 Å². The van der Waals surface area contributed by atoms with E-state index in [2.05, 4.69) is 25.2 Å². The predicted molar refractivity (Wildman–Crippen MR) is 71.2 cm³/mol. The Morgan fingerprint density at radius 2 is 2.24 bits per heavy atom. The van der Waals surface area contributed by atoms with Crippen molar-refractivity contribution in [1.82, 2.24) is 5.32 Å². The van der Waals surface area contributed by atoms with E-state index in [0.717, 1.165) is 13.0 Å². The van der Waals surface area contributed by atoms with Crippen LogP contribution < -0.4 is 5.32 Å². The van der Waals surface area contributed by atoms with Gasteiger partial charge < -0.3 is 10.4 Å². The lowest BCUT2D eigenvalue weighted by molar-refractivity contribution is 0.301. The molecule has 0 aromatic heterocycles. The lowest BCUT2D eigenvalue weighted by Gasteiger charge is -2.31. The Balaban J connectivity index is 2.12.